The Bertz CT molecular complexity index is 269. The minimum absolute atomic E-state index is 0.107. The van der Waals surface area contributed by atoms with Crippen LogP contribution in [0.25, 0.3) is 0 Å². The number of hydrogen-bond donors (Lipinski definition) is 2. The summed E-state index contributed by atoms with van der Waals surface area (Å²) in [7, 11) is 0. The number of carbonyl (C=O) groups is 1. The van der Waals surface area contributed by atoms with Gasteiger partial charge >= 0.3 is 0 Å². The van der Waals surface area contributed by atoms with Gasteiger partial charge in [0, 0.05) is 5.69 Å². The second-order valence-electron chi connectivity index (χ2n) is 2.32. The number of benzene rings is 1. The maximum Gasteiger partial charge on any atom is 0.255 e. The molecule has 0 aromatic heterocycles. The van der Waals surface area contributed by atoms with Gasteiger partial charge in [-0.3, -0.25) is 4.79 Å². The van der Waals surface area contributed by atoms with Gasteiger partial charge < -0.3 is 16.2 Å². The summed E-state index contributed by atoms with van der Waals surface area (Å²) in [6.07, 6.45) is 0. The average molecular weight is 166 g/mol. The van der Waals surface area contributed by atoms with Gasteiger partial charge in [-0.25, -0.2) is 0 Å². The molecule has 0 radical (unpaired) electrons. The van der Waals surface area contributed by atoms with Gasteiger partial charge in [0.05, 0.1) is 0 Å². The van der Waals surface area contributed by atoms with Gasteiger partial charge in [-0.2, -0.15) is 0 Å². The van der Waals surface area contributed by atoms with Gasteiger partial charge in [0.2, 0.25) is 0 Å². The lowest BCUT2D eigenvalue weighted by atomic mass is 10.3. The number of hydrogen-bond acceptors (Lipinski definition) is 3. The Labute approximate surface area is 70.1 Å². The van der Waals surface area contributed by atoms with E-state index >= 15 is 0 Å². The highest BCUT2D eigenvalue weighted by molar-refractivity contribution is 5.75. The molecule has 0 aliphatic rings. The van der Waals surface area contributed by atoms with Crippen LogP contribution in [0.15, 0.2) is 24.3 Å². The van der Waals surface area contributed by atoms with Gasteiger partial charge in [-0.05, 0) is 24.3 Å². The lowest BCUT2D eigenvalue weighted by molar-refractivity contribution is -0.119. The summed E-state index contributed by atoms with van der Waals surface area (Å²) < 4.78 is 4.99. The van der Waals surface area contributed by atoms with E-state index in [9.17, 15) is 4.79 Å². The smallest absolute Gasteiger partial charge is 0.255 e. The Morgan fingerprint density at radius 3 is 2.42 bits per heavy atom. The second-order valence-corrected chi connectivity index (χ2v) is 2.32. The summed E-state index contributed by atoms with van der Waals surface area (Å²) in [4.78, 5) is 10.3. The molecule has 0 saturated carbocycles. The first kappa shape index (κ1) is 8.39. The van der Waals surface area contributed by atoms with E-state index in [1.54, 1.807) is 24.3 Å². The highest BCUT2D eigenvalue weighted by atomic mass is 16.5. The molecular formula is C8H10N2O2. The van der Waals surface area contributed by atoms with Crippen LogP contribution >= 0.6 is 0 Å². The van der Waals surface area contributed by atoms with Crippen LogP contribution in [0.1, 0.15) is 0 Å². The predicted molar refractivity (Wildman–Crippen MR) is 45.5 cm³/mol. The first-order valence-electron chi connectivity index (χ1n) is 3.45. The van der Waals surface area contributed by atoms with Crippen molar-refractivity contribution >= 4 is 11.6 Å². The zero-order chi connectivity index (χ0) is 8.97. The molecule has 0 aliphatic heterocycles. The molecule has 64 valence electrons. The van der Waals surface area contributed by atoms with E-state index in [-0.39, 0.29) is 6.61 Å². The quantitative estimate of drug-likeness (QED) is 0.626. The van der Waals surface area contributed by atoms with Crippen LogP contribution in [-0.2, 0) is 4.79 Å². The molecule has 0 saturated heterocycles. The van der Waals surface area contributed by atoms with Crippen molar-refractivity contribution in [3.8, 4) is 5.75 Å². The molecule has 4 heteroatoms. The van der Waals surface area contributed by atoms with Crippen LogP contribution in [0.3, 0.4) is 0 Å². The highest BCUT2D eigenvalue weighted by Gasteiger charge is 1.95. The molecule has 1 rings (SSSR count). The summed E-state index contributed by atoms with van der Waals surface area (Å²) in [5.41, 5.74) is 11.0. The van der Waals surface area contributed by atoms with Crippen LogP contribution in [-0.4, -0.2) is 12.5 Å². The fourth-order valence-corrected chi connectivity index (χ4v) is 0.719. The maximum absolute atomic E-state index is 10.3. The highest BCUT2D eigenvalue weighted by Crippen LogP contribution is 2.12. The van der Waals surface area contributed by atoms with Crippen molar-refractivity contribution in [2.24, 2.45) is 5.73 Å². The summed E-state index contributed by atoms with van der Waals surface area (Å²) >= 11 is 0. The maximum atomic E-state index is 10.3. The van der Waals surface area contributed by atoms with Crippen molar-refractivity contribution in [2.45, 2.75) is 0 Å². The van der Waals surface area contributed by atoms with Gasteiger partial charge in [0.1, 0.15) is 5.75 Å². The monoisotopic (exact) mass is 166 g/mol. The molecule has 0 bridgehead atoms. The van der Waals surface area contributed by atoms with Gasteiger partial charge in [-0.15, -0.1) is 0 Å². The normalized spacial score (nSPS) is 9.33. The summed E-state index contributed by atoms with van der Waals surface area (Å²) in [5, 5.41) is 0. The Morgan fingerprint density at radius 1 is 1.33 bits per heavy atom. The molecule has 0 aliphatic carbocycles. The fourth-order valence-electron chi connectivity index (χ4n) is 0.719. The number of amides is 1. The molecule has 0 heterocycles. The SMILES string of the molecule is NC(=O)COc1ccc(N)cc1. The summed E-state index contributed by atoms with van der Waals surface area (Å²) in [6.45, 7) is -0.107. The lowest BCUT2D eigenvalue weighted by Crippen LogP contribution is -2.19. The number of primary amides is 1. The second kappa shape index (κ2) is 3.61. The third-order valence-corrected chi connectivity index (χ3v) is 1.26. The topological polar surface area (TPSA) is 78.3 Å². The largest absolute Gasteiger partial charge is 0.484 e. The molecule has 4 N–H and O–H groups in total. The molecule has 1 aromatic rings. The van der Waals surface area contributed by atoms with Crippen LogP contribution in [0.2, 0.25) is 0 Å². The van der Waals surface area contributed by atoms with Crippen molar-refractivity contribution < 1.29 is 9.53 Å². The van der Waals surface area contributed by atoms with Crippen LogP contribution in [0.4, 0.5) is 5.69 Å². The fraction of sp³-hybridized carbons (Fsp3) is 0.125. The van der Waals surface area contributed by atoms with Crippen molar-refractivity contribution in [3.63, 3.8) is 0 Å². The van der Waals surface area contributed by atoms with E-state index in [0.717, 1.165) is 0 Å². The number of nitrogens with two attached hydrogens (primary N) is 2. The third-order valence-electron chi connectivity index (χ3n) is 1.26. The van der Waals surface area contributed by atoms with Crippen molar-refractivity contribution in [1.29, 1.82) is 0 Å². The Hall–Kier alpha value is -1.71. The number of anilines is 1. The number of rotatable bonds is 3. The predicted octanol–water partition coefficient (Wildman–Crippen LogP) is 0.133. The van der Waals surface area contributed by atoms with Crippen molar-refractivity contribution in [2.75, 3.05) is 12.3 Å². The Balaban J connectivity index is 2.53. The molecule has 0 atom stereocenters. The first-order chi connectivity index (χ1) is 5.68. The molecule has 0 spiro atoms. The molecule has 0 fully saturated rings. The average Bonchev–Trinajstić information content (AvgIpc) is 2.03. The van der Waals surface area contributed by atoms with Crippen molar-refractivity contribution in [3.05, 3.63) is 24.3 Å². The van der Waals surface area contributed by atoms with E-state index in [0.29, 0.717) is 11.4 Å². The minimum atomic E-state index is -0.494. The van der Waals surface area contributed by atoms with E-state index in [1.165, 1.54) is 0 Å². The van der Waals surface area contributed by atoms with E-state index in [1.807, 2.05) is 0 Å². The molecular weight excluding hydrogens is 156 g/mol. The minimum Gasteiger partial charge on any atom is -0.484 e. The Morgan fingerprint density at radius 2 is 1.92 bits per heavy atom. The molecule has 12 heavy (non-hydrogen) atoms. The van der Waals surface area contributed by atoms with E-state index in [4.69, 9.17) is 16.2 Å². The molecule has 0 unspecified atom stereocenters. The summed E-state index contributed by atoms with van der Waals surface area (Å²) in [6, 6.07) is 6.74. The molecule has 4 nitrogen and oxygen atoms in total. The Kier molecular flexibility index (Phi) is 2.53. The van der Waals surface area contributed by atoms with Crippen LogP contribution in [0, 0.1) is 0 Å². The third kappa shape index (κ3) is 2.49. The summed E-state index contributed by atoms with van der Waals surface area (Å²) in [5.74, 6) is 0.0924. The molecule has 1 amide bonds. The van der Waals surface area contributed by atoms with Crippen LogP contribution in [0.5, 0.6) is 5.75 Å². The molecule has 1 aromatic carbocycles. The van der Waals surface area contributed by atoms with E-state index < -0.39 is 5.91 Å². The number of carbonyl (C=O) groups excluding carboxylic acids is 1. The zero-order valence-corrected chi connectivity index (χ0v) is 6.49. The van der Waals surface area contributed by atoms with Gasteiger partial charge in [-0.1, -0.05) is 0 Å². The van der Waals surface area contributed by atoms with Crippen molar-refractivity contribution in [1.82, 2.24) is 0 Å². The van der Waals surface area contributed by atoms with E-state index in [2.05, 4.69) is 0 Å². The number of ether oxygens (including phenoxy) is 1. The van der Waals surface area contributed by atoms with Gasteiger partial charge in [0.25, 0.3) is 5.91 Å². The lowest BCUT2D eigenvalue weighted by Gasteiger charge is -2.02. The van der Waals surface area contributed by atoms with Crippen LogP contribution < -0.4 is 16.2 Å². The standard InChI is InChI=1S/C8H10N2O2/c9-6-1-3-7(4-2-6)12-5-8(10)11/h1-4H,5,9H2,(H2,10,11). The van der Waals surface area contributed by atoms with Gasteiger partial charge in [0.15, 0.2) is 6.61 Å². The number of nitrogen functional groups attached to an aromatic ring is 1. The zero-order valence-electron chi connectivity index (χ0n) is 6.49. The first-order valence-corrected chi connectivity index (χ1v) is 3.45.